The molecule has 28 heavy (non-hydrogen) atoms. The molecular formula is C27H42N+. The first-order chi connectivity index (χ1) is 13.6. The van der Waals surface area contributed by atoms with Crippen LogP contribution in [0.1, 0.15) is 82.3 Å². The fourth-order valence-electron chi connectivity index (χ4n) is 4.01. The highest BCUT2D eigenvalue weighted by Crippen LogP contribution is 2.22. The van der Waals surface area contributed by atoms with Gasteiger partial charge in [-0.05, 0) is 30.5 Å². The molecule has 0 spiro atoms. The number of quaternary nitrogens is 1. The van der Waals surface area contributed by atoms with Gasteiger partial charge in [0, 0.05) is 5.56 Å². The molecule has 0 bridgehead atoms. The molecule has 0 amide bonds. The minimum atomic E-state index is 0.888. The van der Waals surface area contributed by atoms with Crippen LogP contribution in [-0.4, -0.2) is 14.1 Å². The summed E-state index contributed by atoms with van der Waals surface area (Å²) in [4.78, 5) is 0. The van der Waals surface area contributed by atoms with Gasteiger partial charge in [-0.1, -0.05) is 107 Å². The number of rotatable bonds is 14. The van der Waals surface area contributed by atoms with Gasteiger partial charge in [-0.3, -0.25) is 4.48 Å². The Morgan fingerprint density at radius 1 is 0.571 bits per heavy atom. The van der Waals surface area contributed by atoms with Crippen LogP contribution in [0.2, 0.25) is 0 Å². The van der Waals surface area contributed by atoms with E-state index in [4.69, 9.17) is 0 Å². The summed E-state index contributed by atoms with van der Waals surface area (Å²) in [6.07, 6.45) is 15.3. The third-order valence-corrected chi connectivity index (χ3v) is 5.88. The van der Waals surface area contributed by atoms with Crippen molar-refractivity contribution in [2.75, 3.05) is 14.1 Å². The van der Waals surface area contributed by atoms with E-state index in [2.05, 4.69) is 75.6 Å². The Hall–Kier alpha value is -1.60. The molecule has 0 unspecified atom stereocenters. The highest BCUT2D eigenvalue weighted by atomic mass is 15.3. The largest absolute Gasteiger partial charge is 0.292 e. The summed E-state index contributed by atoms with van der Waals surface area (Å²) in [7, 11) is 4.57. The van der Waals surface area contributed by atoms with Crippen LogP contribution < -0.4 is 4.48 Å². The van der Waals surface area contributed by atoms with E-state index in [0.717, 1.165) is 11.0 Å². The SMILES string of the molecule is CCCCCCCCCCCCc1ccc(C[N+](C)(C)c2ccccc2)cc1. The topological polar surface area (TPSA) is 0 Å². The number of nitrogens with zero attached hydrogens (tertiary/aromatic N) is 1. The molecule has 0 saturated heterocycles. The molecule has 1 heteroatoms. The molecule has 0 saturated carbocycles. The van der Waals surface area contributed by atoms with E-state index in [0.29, 0.717) is 0 Å². The van der Waals surface area contributed by atoms with E-state index < -0.39 is 0 Å². The molecule has 1 nitrogen and oxygen atoms in total. The fourth-order valence-corrected chi connectivity index (χ4v) is 4.01. The van der Waals surface area contributed by atoms with Gasteiger partial charge in [-0.2, -0.15) is 0 Å². The molecule has 2 aromatic carbocycles. The highest BCUT2D eigenvalue weighted by Gasteiger charge is 2.18. The van der Waals surface area contributed by atoms with Crippen LogP contribution in [0.5, 0.6) is 0 Å². The van der Waals surface area contributed by atoms with Crippen LogP contribution >= 0.6 is 0 Å². The molecule has 0 aliphatic heterocycles. The van der Waals surface area contributed by atoms with Crippen molar-refractivity contribution in [2.24, 2.45) is 0 Å². The molecular weight excluding hydrogens is 338 g/mol. The lowest BCUT2D eigenvalue weighted by Gasteiger charge is -2.29. The summed E-state index contributed by atoms with van der Waals surface area (Å²) >= 11 is 0. The van der Waals surface area contributed by atoms with Crippen LogP contribution in [-0.2, 0) is 13.0 Å². The van der Waals surface area contributed by atoms with E-state index in [9.17, 15) is 0 Å². The van der Waals surface area contributed by atoms with Crippen LogP contribution in [0.15, 0.2) is 54.6 Å². The summed E-state index contributed by atoms with van der Waals surface area (Å²) in [5, 5.41) is 0. The van der Waals surface area contributed by atoms with Crippen molar-refractivity contribution in [3.05, 3.63) is 65.7 Å². The van der Waals surface area contributed by atoms with Crippen molar-refractivity contribution >= 4 is 5.69 Å². The number of benzene rings is 2. The molecule has 0 heterocycles. The number of hydrogen-bond donors (Lipinski definition) is 0. The van der Waals surface area contributed by atoms with Crippen LogP contribution in [0.25, 0.3) is 0 Å². The lowest BCUT2D eigenvalue weighted by molar-refractivity contribution is 0.392. The molecule has 2 aromatic rings. The van der Waals surface area contributed by atoms with Crippen molar-refractivity contribution < 1.29 is 0 Å². The van der Waals surface area contributed by atoms with Gasteiger partial charge in [0.05, 0.1) is 14.1 Å². The number of hydrogen-bond acceptors (Lipinski definition) is 0. The first-order valence-corrected chi connectivity index (χ1v) is 11.6. The van der Waals surface area contributed by atoms with Gasteiger partial charge >= 0.3 is 0 Å². The minimum Gasteiger partial charge on any atom is -0.292 e. The lowest BCUT2D eigenvalue weighted by atomic mass is 10.0. The van der Waals surface area contributed by atoms with E-state index in [1.807, 2.05) is 0 Å². The molecule has 0 N–H and O–H groups in total. The second kappa shape index (κ2) is 12.8. The zero-order valence-corrected chi connectivity index (χ0v) is 18.6. The Balaban J connectivity index is 1.62. The number of unbranched alkanes of at least 4 members (excludes halogenated alkanes) is 9. The van der Waals surface area contributed by atoms with Crippen molar-refractivity contribution in [1.29, 1.82) is 0 Å². The molecule has 0 aliphatic rings. The standard InChI is InChI=1S/C27H42N/c1-4-5-6-7-8-9-10-11-12-14-17-25-20-22-26(23-21-25)24-28(2,3)27-18-15-13-16-19-27/h13,15-16,18-23H,4-12,14,17,24H2,1-3H3/q+1. The van der Waals surface area contributed by atoms with Crippen LogP contribution in [0.3, 0.4) is 0 Å². The molecule has 0 aromatic heterocycles. The number of para-hydroxylation sites is 1. The Labute approximate surface area is 174 Å². The fraction of sp³-hybridized carbons (Fsp3) is 0.556. The second-order valence-electron chi connectivity index (χ2n) is 8.93. The Morgan fingerprint density at radius 3 is 1.64 bits per heavy atom. The van der Waals surface area contributed by atoms with E-state index >= 15 is 0 Å². The maximum absolute atomic E-state index is 2.34. The third kappa shape index (κ3) is 8.61. The Bertz CT molecular complexity index is 627. The normalized spacial score (nSPS) is 11.7. The Kier molecular flexibility index (Phi) is 10.4. The molecule has 0 atom stereocenters. The smallest absolute Gasteiger partial charge is 0.132 e. The lowest BCUT2D eigenvalue weighted by Crippen LogP contribution is -2.39. The van der Waals surface area contributed by atoms with Crippen LogP contribution in [0, 0.1) is 0 Å². The maximum atomic E-state index is 2.34. The average Bonchev–Trinajstić information content (AvgIpc) is 2.71. The van der Waals surface area contributed by atoms with Crippen molar-refractivity contribution in [3.63, 3.8) is 0 Å². The predicted octanol–water partition coefficient (Wildman–Crippen LogP) is 7.92. The highest BCUT2D eigenvalue weighted by molar-refractivity contribution is 5.42. The van der Waals surface area contributed by atoms with Crippen LogP contribution in [0.4, 0.5) is 5.69 Å². The van der Waals surface area contributed by atoms with E-state index in [1.54, 1.807) is 0 Å². The summed E-state index contributed by atoms with van der Waals surface area (Å²) in [6, 6.07) is 20.1. The molecule has 154 valence electrons. The average molecular weight is 381 g/mol. The molecule has 0 aliphatic carbocycles. The minimum absolute atomic E-state index is 0.888. The monoisotopic (exact) mass is 380 g/mol. The summed E-state index contributed by atoms with van der Waals surface area (Å²) < 4.78 is 0.888. The first-order valence-electron chi connectivity index (χ1n) is 11.6. The Morgan fingerprint density at radius 2 is 1.07 bits per heavy atom. The summed E-state index contributed by atoms with van der Waals surface area (Å²) in [5.74, 6) is 0. The molecule has 0 fully saturated rings. The number of aryl methyl sites for hydroxylation is 1. The van der Waals surface area contributed by atoms with Gasteiger partial charge in [-0.25, -0.2) is 0 Å². The summed E-state index contributed by atoms with van der Waals surface area (Å²) in [6.45, 7) is 3.32. The van der Waals surface area contributed by atoms with E-state index in [-0.39, 0.29) is 0 Å². The van der Waals surface area contributed by atoms with Gasteiger partial charge in [0.1, 0.15) is 12.2 Å². The zero-order valence-electron chi connectivity index (χ0n) is 18.6. The summed E-state index contributed by atoms with van der Waals surface area (Å²) in [5.41, 5.74) is 4.27. The zero-order chi connectivity index (χ0) is 20.1. The predicted molar refractivity (Wildman–Crippen MR) is 126 cm³/mol. The maximum Gasteiger partial charge on any atom is 0.132 e. The van der Waals surface area contributed by atoms with E-state index in [1.165, 1.54) is 87.4 Å². The van der Waals surface area contributed by atoms with Crippen molar-refractivity contribution in [3.8, 4) is 0 Å². The van der Waals surface area contributed by atoms with Gasteiger partial charge in [-0.15, -0.1) is 0 Å². The van der Waals surface area contributed by atoms with Crippen molar-refractivity contribution in [1.82, 2.24) is 4.48 Å². The van der Waals surface area contributed by atoms with Gasteiger partial charge in [0.2, 0.25) is 0 Å². The van der Waals surface area contributed by atoms with Gasteiger partial charge in [0.15, 0.2) is 0 Å². The van der Waals surface area contributed by atoms with Gasteiger partial charge < -0.3 is 0 Å². The quantitative estimate of drug-likeness (QED) is 0.231. The first kappa shape index (κ1) is 22.7. The second-order valence-corrected chi connectivity index (χ2v) is 8.93. The van der Waals surface area contributed by atoms with Crippen molar-refractivity contribution in [2.45, 2.75) is 84.1 Å². The van der Waals surface area contributed by atoms with Gasteiger partial charge in [0.25, 0.3) is 0 Å². The molecule has 2 rings (SSSR count). The molecule has 0 radical (unpaired) electrons. The third-order valence-electron chi connectivity index (χ3n) is 5.88.